The Kier molecular flexibility index (Phi) is 2.94. The number of aliphatic hydroxyl groups is 1. The normalized spacial score (nSPS) is 31.4. The Morgan fingerprint density at radius 1 is 1.62 bits per heavy atom. The van der Waals surface area contributed by atoms with E-state index in [9.17, 15) is 9.90 Å². The first-order chi connectivity index (χ1) is 6.07. The third-order valence-corrected chi connectivity index (χ3v) is 2.49. The van der Waals surface area contributed by atoms with Gasteiger partial charge in [-0.05, 0) is 26.2 Å². The van der Waals surface area contributed by atoms with Crippen LogP contribution in [0.2, 0.25) is 0 Å². The van der Waals surface area contributed by atoms with Crippen LogP contribution in [-0.2, 0) is 4.79 Å². The van der Waals surface area contributed by atoms with Crippen molar-refractivity contribution in [1.29, 1.82) is 0 Å². The van der Waals surface area contributed by atoms with E-state index in [1.807, 2.05) is 0 Å². The van der Waals surface area contributed by atoms with Gasteiger partial charge in [-0.3, -0.25) is 4.79 Å². The van der Waals surface area contributed by atoms with Gasteiger partial charge in [0.25, 0.3) is 0 Å². The summed E-state index contributed by atoms with van der Waals surface area (Å²) in [6.07, 6.45) is 2.01. The van der Waals surface area contributed by atoms with Gasteiger partial charge in [0, 0.05) is 6.42 Å². The van der Waals surface area contributed by atoms with Gasteiger partial charge in [-0.2, -0.15) is 0 Å². The predicted octanol–water partition coefficient (Wildman–Crippen LogP) is 1.02. The third kappa shape index (κ3) is 2.46. The lowest BCUT2D eigenvalue weighted by atomic mass is 9.69. The van der Waals surface area contributed by atoms with Gasteiger partial charge in [-0.15, -0.1) is 11.8 Å². The number of carboxylic acids is 1. The van der Waals surface area contributed by atoms with E-state index in [1.54, 1.807) is 6.92 Å². The first-order valence-corrected chi connectivity index (χ1v) is 4.42. The topological polar surface area (TPSA) is 57.5 Å². The molecule has 0 amide bonds. The van der Waals surface area contributed by atoms with Crippen LogP contribution in [-0.4, -0.2) is 21.8 Å². The standard InChI is InChI=1S/C10H14O3/c1-2-3-4-5-10(13)6-8(7-10)9(11)12/h8,13H,4-7H2,1H3,(H,11,12). The number of hydrogen-bond acceptors (Lipinski definition) is 2. The molecule has 0 bridgehead atoms. The fraction of sp³-hybridized carbons (Fsp3) is 0.700. The summed E-state index contributed by atoms with van der Waals surface area (Å²) < 4.78 is 0. The van der Waals surface area contributed by atoms with Gasteiger partial charge >= 0.3 is 5.97 Å². The molecule has 1 saturated carbocycles. The van der Waals surface area contributed by atoms with E-state index in [0.29, 0.717) is 25.7 Å². The lowest BCUT2D eigenvalue weighted by Gasteiger charge is -2.41. The quantitative estimate of drug-likeness (QED) is 0.640. The second-order valence-electron chi connectivity index (χ2n) is 3.59. The zero-order chi connectivity index (χ0) is 9.90. The van der Waals surface area contributed by atoms with E-state index in [4.69, 9.17) is 5.11 Å². The smallest absolute Gasteiger partial charge is 0.306 e. The first-order valence-electron chi connectivity index (χ1n) is 4.42. The summed E-state index contributed by atoms with van der Waals surface area (Å²) in [6.45, 7) is 1.75. The maximum absolute atomic E-state index is 10.5. The van der Waals surface area contributed by atoms with E-state index in [1.165, 1.54) is 0 Å². The van der Waals surface area contributed by atoms with Gasteiger partial charge in [0.15, 0.2) is 0 Å². The van der Waals surface area contributed by atoms with Crippen molar-refractivity contribution in [2.75, 3.05) is 0 Å². The molecule has 0 aromatic heterocycles. The van der Waals surface area contributed by atoms with Crippen LogP contribution in [0.25, 0.3) is 0 Å². The third-order valence-electron chi connectivity index (χ3n) is 2.49. The van der Waals surface area contributed by atoms with E-state index >= 15 is 0 Å². The van der Waals surface area contributed by atoms with Crippen molar-refractivity contribution in [2.24, 2.45) is 5.92 Å². The van der Waals surface area contributed by atoms with Crippen LogP contribution in [0, 0.1) is 17.8 Å². The van der Waals surface area contributed by atoms with Gasteiger partial charge in [-0.25, -0.2) is 0 Å². The number of carboxylic acid groups (broad SMARTS) is 1. The molecule has 0 atom stereocenters. The van der Waals surface area contributed by atoms with E-state index < -0.39 is 11.6 Å². The minimum absolute atomic E-state index is 0.348. The summed E-state index contributed by atoms with van der Waals surface area (Å²) in [7, 11) is 0. The Morgan fingerprint density at radius 2 is 2.23 bits per heavy atom. The molecule has 0 aromatic carbocycles. The largest absolute Gasteiger partial charge is 0.481 e. The van der Waals surface area contributed by atoms with Crippen molar-refractivity contribution in [3.05, 3.63) is 0 Å². The Hall–Kier alpha value is -1.01. The minimum atomic E-state index is -0.800. The monoisotopic (exact) mass is 182 g/mol. The summed E-state index contributed by atoms with van der Waals surface area (Å²) >= 11 is 0. The van der Waals surface area contributed by atoms with Gasteiger partial charge in [-0.1, -0.05) is 0 Å². The van der Waals surface area contributed by atoms with Crippen LogP contribution < -0.4 is 0 Å². The van der Waals surface area contributed by atoms with E-state index in [2.05, 4.69) is 11.8 Å². The second-order valence-corrected chi connectivity index (χ2v) is 3.59. The molecule has 1 fully saturated rings. The van der Waals surface area contributed by atoms with E-state index in [-0.39, 0.29) is 5.92 Å². The lowest BCUT2D eigenvalue weighted by Crippen LogP contribution is -2.46. The highest BCUT2D eigenvalue weighted by molar-refractivity contribution is 5.71. The highest BCUT2D eigenvalue weighted by Gasteiger charge is 2.45. The molecular formula is C10H14O3. The molecule has 1 rings (SSSR count). The summed E-state index contributed by atoms with van der Waals surface area (Å²) in [6, 6.07) is 0. The van der Waals surface area contributed by atoms with E-state index in [0.717, 1.165) is 0 Å². The molecule has 0 aromatic rings. The predicted molar refractivity (Wildman–Crippen MR) is 48.0 cm³/mol. The molecule has 1 aliphatic carbocycles. The van der Waals surface area contributed by atoms with Gasteiger partial charge in [0.1, 0.15) is 0 Å². The summed E-state index contributed by atoms with van der Waals surface area (Å²) in [5.74, 6) is 4.46. The van der Waals surface area contributed by atoms with Gasteiger partial charge in [0.05, 0.1) is 11.5 Å². The molecular weight excluding hydrogens is 168 g/mol. The van der Waals surface area contributed by atoms with Crippen LogP contribution in [0.1, 0.15) is 32.6 Å². The molecule has 0 radical (unpaired) electrons. The molecule has 0 saturated heterocycles. The molecule has 3 nitrogen and oxygen atoms in total. The molecule has 0 spiro atoms. The number of carbonyl (C=O) groups is 1. The first kappa shape index (κ1) is 10.1. The van der Waals surface area contributed by atoms with Crippen molar-refractivity contribution in [3.8, 4) is 11.8 Å². The average molecular weight is 182 g/mol. The average Bonchev–Trinajstić information content (AvgIpc) is 2.00. The van der Waals surface area contributed by atoms with Crippen molar-refractivity contribution in [3.63, 3.8) is 0 Å². The molecule has 0 heterocycles. The van der Waals surface area contributed by atoms with Crippen LogP contribution in [0.5, 0.6) is 0 Å². The molecule has 0 unspecified atom stereocenters. The van der Waals surface area contributed by atoms with Crippen LogP contribution in [0.3, 0.4) is 0 Å². The fourth-order valence-electron chi connectivity index (χ4n) is 1.66. The summed E-state index contributed by atoms with van der Waals surface area (Å²) in [4.78, 5) is 10.5. The Morgan fingerprint density at radius 3 is 2.69 bits per heavy atom. The Balaban J connectivity index is 2.28. The highest BCUT2D eigenvalue weighted by Crippen LogP contribution is 2.40. The minimum Gasteiger partial charge on any atom is -0.481 e. The van der Waals surface area contributed by atoms with Crippen molar-refractivity contribution in [1.82, 2.24) is 0 Å². The molecule has 72 valence electrons. The van der Waals surface area contributed by atoms with Crippen LogP contribution >= 0.6 is 0 Å². The summed E-state index contributed by atoms with van der Waals surface area (Å²) in [5.41, 5.74) is -0.757. The zero-order valence-electron chi connectivity index (χ0n) is 7.71. The van der Waals surface area contributed by atoms with Crippen LogP contribution in [0.15, 0.2) is 0 Å². The molecule has 0 aliphatic heterocycles. The Labute approximate surface area is 77.8 Å². The maximum Gasteiger partial charge on any atom is 0.306 e. The molecule has 2 N–H and O–H groups in total. The lowest BCUT2D eigenvalue weighted by molar-refractivity contribution is -0.158. The number of rotatable bonds is 3. The van der Waals surface area contributed by atoms with Crippen molar-refractivity contribution < 1.29 is 15.0 Å². The van der Waals surface area contributed by atoms with Crippen molar-refractivity contribution >= 4 is 5.97 Å². The highest BCUT2D eigenvalue weighted by atomic mass is 16.4. The molecule has 13 heavy (non-hydrogen) atoms. The number of aliphatic carboxylic acids is 1. The zero-order valence-corrected chi connectivity index (χ0v) is 7.71. The SMILES string of the molecule is CC#CCCC1(O)CC(C(=O)O)C1. The number of hydrogen-bond donors (Lipinski definition) is 2. The van der Waals surface area contributed by atoms with Gasteiger partial charge in [0.2, 0.25) is 0 Å². The second kappa shape index (κ2) is 3.80. The van der Waals surface area contributed by atoms with Crippen molar-refractivity contribution in [2.45, 2.75) is 38.2 Å². The summed E-state index contributed by atoms with van der Waals surface area (Å²) in [5, 5.41) is 18.3. The van der Waals surface area contributed by atoms with Crippen LogP contribution in [0.4, 0.5) is 0 Å². The fourth-order valence-corrected chi connectivity index (χ4v) is 1.66. The Bertz CT molecular complexity index is 253. The molecule has 3 heteroatoms. The van der Waals surface area contributed by atoms with Gasteiger partial charge < -0.3 is 10.2 Å². The molecule has 1 aliphatic rings. The maximum atomic E-state index is 10.5.